The Balaban J connectivity index is 1.16. The van der Waals surface area contributed by atoms with Gasteiger partial charge in [-0.3, -0.25) is 10.1 Å². The van der Waals surface area contributed by atoms with Crippen molar-refractivity contribution in [2.75, 3.05) is 24.6 Å². The smallest absolute Gasteiger partial charge is 0.410 e. The first-order valence-corrected chi connectivity index (χ1v) is 12.3. The number of H-pyrrole nitrogens is 1. The molecular weight excluding hydrogens is 430 g/mol. The maximum absolute atomic E-state index is 12.5. The number of thioether (sulfide) groups is 2. The average molecular weight is 456 g/mol. The van der Waals surface area contributed by atoms with Crippen LogP contribution >= 0.6 is 23.5 Å². The number of nitrogens with zero attached hydrogens (tertiary/aromatic N) is 4. The molecule has 0 aliphatic carbocycles. The number of benzene rings is 1. The second-order valence-corrected chi connectivity index (χ2v) is 9.47. The van der Waals surface area contributed by atoms with E-state index in [2.05, 4.69) is 20.2 Å². The van der Waals surface area contributed by atoms with Gasteiger partial charge in [0.15, 0.2) is 0 Å². The number of aromatic amines is 1. The number of carbonyl (C=O) groups is 1. The van der Waals surface area contributed by atoms with Crippen LogP contribution in [0.4, 0.5) is 4.79 Å². The van der Waals surface area contributed by atoms with E-state index in [-0.39, 0.29) is 6.09 Å². The molecular formula is C22H25N5O2S2. The number of hydrogen-bond acceptors (Lipinski definition) is 7. The molecule has 7 nitrogen and oxygen atoms in total. The molecule has 9 heteroatoms. The number of ether oxygens (including phenoxy) is 1. The molecule has 1 fully saturated rings. The molecule has 0 bridgehead atoms. The molecule has 0 atom stereocenters. The fourth-order valence-electron chi connectivity index (χ4n) is 3.35. The van der Waals surface area contributed by atoms with Gasteiger partial charge in [-0.15, -0.1) is 16.9 Å². The van der Waals surface area contributed by atoms with Gasteiger partial charge in [0.25, 0.3) is 0 Å². The second kappa shape index (κ2) is 11.2. The largest absolute Gasteiger partial charge is 0.415 e. The molecule has 1 aliphatic rings. The molecule has 1 aliphatic heterocycles. The number of pyridine rings is 1. The van der Waals surface area contributed by atoms with E-state index >= 15 is 0 Å². The second-order valence-electron chi connectivity index (χ2n) is 7.32. The molecule has 2 aromatic heterocycles. The van der Waals surface area contributed by atoms with Gasteiger partial charge in [-0.05, 0) is 55.0 Å². The van der Waals surface area contributed by atoms with E-state index in [4.69, 9.17) is 4.74 Å². The number of carbonyl (C=O) groups excluding carboxylic acids is 1. The third kappa shape index (κ3) is 6.73. The van der Waals surface area contributed by atoms with Gasteiger partial charge >= 0.3 is 6.09 Å². The SMILES string of the molecule is O=C(Oc1ccc(CCSc2ccncc2)cc1)N1CCC(CSc2nc[nH]n2)CC1. The zero-order valence-electron chi connectivity index (χ0n) is 17.1. The third-order valence-corrected chi connectivity index (χ3v) is 7.26. The highest BCUT2D eigenvalue weighted by molar-refractivity contribution is 7.99. The number of likely N-dealkylation sites (tertiary alicyclic amines) is 1. The normalized spacial score (nSPS) is 14.5. The molecule has 31 heavy (non-hydrogen) atoms. The molecule has 1 amide bonds. The van der Waals surface area contributed by atoms with Crippen LogP contribution in [0.5, 0.6) is 5.75 Å². The van der Waals surface area contributed by atoms with Gasteiger partial charge in [0.1, 0.15) is 12.1 Å². The lowest BCUT2D eigenvalue weighted by Gasteiger charge is -2.30. The Hall–Kier alpha value is -2.52. The molecule has 1 saturated heterocycles. The molecule has 1 aromatic carbocycles. The minimum Gasteiger partial charge on any atom is -0.410 e. The lowest BCUT2D eigenvalue weighted by atomic mass is 9.99. The predicted molar refractivity (Wildman–Crippen MR) is 123 cm³/mol. The van der Waals surface area contributed by atoms with E-state index < -0.39 is 0 Å². The van der Waals surface area contributed by atoms with Crippen molar-refractivity contribution in [3.05, 3.63) is 60.7 Å². The van der Waals surface area contributed by atoms with E-state index in [0.717, 1.165) is 49.0 Å². The van der Waals surface area contributed by atoms with Crippen LogP contribution in [-0.4, -0.2) is 55.8 Å². The van der Waals surface area contributed by atoms with Crippen molar-refractivity contribution in [1.29, 1.82) is 0 Å². The summed E-state index contributed by atoms with van der Waals surface area (Å²) in [5.74, 6) is 3.13. The minimum absolute atomic E-state index is 0.263. The van der Waals surface area contributed by atoms with Crippen LogP contribution in [0, 0.1) is 5.92 Å². The number of rotatable bonds is 8. The predicted octanol–water partition coefficient (Wildman–Crippen LogP) is 4.54. The van der Waals surface area contributed by atoms with Crippen LogP contribution in [-0.2, 0) is 6.42 Å². The molecule has 0 radical (unpaired) electrons. The maximum Gasteiger partial charge on any atom is 0.415 e. The fourth-order valence-corrected chi connectivity index (χ4v) is 5.20. The van der Waals surface area contributed by atoms with Gasteiger partial charge in [0.2, 0.25) is 5.16 Å². The molecule has 0 spiro atoms. The number of aryl methyl sites for hydroxylation is 1. The van der Waals surface area contributed by atoms with E-state index in [0.29, 0.717) is 11.7 Å². The number of amides is 1. The number of nitrogens with one attached hydrogen (secondary N) is 1. The van der Waals surface area contributed by atoms with Gasteiger partial charge < -0.3 is 9.64 Å². The fraction of sp³-hybridized carbons (Fsp3) is 0.364. The monoisotopic (exact) mass is 455 g/mol. The molecule has 3 aromatic rings. The van der Waals surface area contributed by atoms with Crippen LogP contribution < -0.4 is 4.74 Å². The van der Waals surface area contributed by atoms with Crippen molar-refractivity contribution in [3.63, 3.8) is 0 Å². The van der Waals surface area contributed by atoms with E-state index in [9.17, 15) is 4.79 Å². The Bertz CT molecular complexity index is 930. The molecule has 3 heterocycles. The Morgan fingerprint density at radius 1 is 1.10 bits per heavy atom. The summed E-state index contributed by atoms with van der Waals surface area (Å²) in [6.45, 7) is 1.45. The first-order valence-electron chi connectivity index (χ1n) is 10.3. The summed E-state index contributed by atoms with van der Waals surface area (Å²) in [7, 11) is 0. The summed E-state index contributed by atoms with van der Waals surface area (Å²) in [5.41, 5.74) is 1.23. The molecule has 0 unspecified atom stereocenters. The van der Waals surface area contributed by atoms with E-state index in [1.165, 1.54) is 10.5 Å². The summed E-state index contributed by atoms with van der Waals surface area (Å²) in [6.07, 6.45) is 7.86. The molecule has 0 saturated carbocycles. The lowest BCUT2D eigenvalue weighted by molar-refractivity contribution is 0.134. The summed E-state index contributed by atoms with van der Waals surface area (Å²) in [6, 6.07) is 11.9. The lowest BCUT2D eigenvalue weighted by Crippen LogP contribution is -2.40. The summed E-state index contributed by atoms with van der Waals surface area (Å²) in [5, 5.41) is 7.57. The van der Waals surface area contributed by atoms with Crippen molar-refractivity contribution in [3.8, 4) is 5.75 Å². The van der Waals surface area contributed by atoms with Crippen LogP contribution in [0.2, 0.25) is 0 Å². The van der Waals surface area contributed by atoms with Crippen molar-refractivity contribution < 1.29 is 9.53 Å². The maximum atomic E-state index is 12.5. The Morgan fingerprint density at radius 2 is 1.87 bits per heavy atom. The Labute approximate surface area is 190 Å². The van der Waals surface area contributed by atoms with Gasteiger partial charge in [0.05, 0.1) is 0 Å². The van der Waals surface area contributed by atoms with Gasteiger partial charge in [0, 0.05) is 41.9 Å². The summed E-state index contributed by atoms with van der Waals surface area (Å²) >= 11 is 3.47. The number of piperidine rings is 1. The van der Waals surface area contributed by atoms with Gasteiger partial charge in [-0.1, -0.05) is 23.9 Å². The highest BCUT2D eigenvalue weighted by Gasteiger charge is 2.24. The van der Waals surface area contributed by atoms with Crippen molar-refractivity contribution in [1.82, 2.24) is 25.1 Å². The van der Waals surface area contributed by atoms with Crippen LogP contribution in [0.25, 0.3) is 0 Å². The van der Waals surface area contributed by atoms with E-state index in [1.54, 1.807) is 23.0 Å². The van der Waals surface area contributed by atoms with Crippen LogP contribution in [0.3, 0.4) is 0 Å². The van der Waals surface area contributed by atoms with Crippen LogP contribution in [0.15, 0.2) is 65.2 Å². The van der Waals surface area contributed by atoms with Gasteiger partial charge in [-0.25, -0.2) is 9.78 Å². The summed E-state index contributed by atoms with van der Waals surface area (Å²) in [4.78, 5) is 23.7. The molecule has 162 valence electrons. The number of aromatic nitrogens is 4. The van der Waals surface area contributed by atoms with Crippen molar-refractivity contribution in [2.45, 2.75) is 29.3 Å². The number of hydrogen-bond donors (Lipinski definition) is 1. The highest BCUT2D eigenvalue weighted by Crippen LogP contribution is 2.25. The Morgan fingerprint density at radius 3 is 2.58 bits per heavy atom. The zero-order valence-corrected chi connectivity index (χ0v) is 18.8. The third-order valence-electron chi connectivity index (χ3n) is 5.15. The van der Waals surface area contributed by atoms with Crippen molar-refractivity contribution in [2.24, 2.45) is 5.92 Å². The molecule has 1 N–H and O–H groups in total. The zero-order chi connectivity index (χ0) is 21.3. The van der Waals surface area contributed by atoms with E-state index in [1.807, 2.05) is 60.6 Å². The standard InChI is InChI=1S/C22H25N5O2S2/c28-22(27-12-7-18(8-13-27)15-31-21-24-16-25-26-21)29-19-3-1-17(2-4-19)9-14-30-20-5-10-23-11-6-20/h1-6,10-11,16,18H,7-9,12-15H2,(H,24,25,26). The average Bonchev–Trinajstić information content (AvgIpc) is 3.34. The van der Waals surface area contributed by atoms with Crippen LogP contribution in [0.1, 0.15) is 18.4 Å². The summed E-state index contributed by atoms with van der Waals surface area (Å²) < 4.78 is 5.58. The highest BCUT2D eigenvalue weighted by atomic mass is 32.2. The molecule has 4 rings (SSSR count). The first-order chi connectivity index (χ1) is 15.3. The minimum atomic E-state index is -0.263. The van der Waals surface area contributed by atoms with Crippen molar-refractivity contribution >= 4 is 29.6 Å². The first kappa shape index (κ1) is 21.7. The quantitative estimate of drug-likeness (QED) is 0.499. The Kier molecular flexibility index (Phi) is 7.84. The topological polar surface area (TPSA) is 84.0 Å². The van der Waals surface area contributed by atoms with Gasteiger partial charge in [-0.2, -0.15) is 0 Å².